The van der Waals surface area contributed by atoms with E-state index in [0.29, 0.717) is 19.7 Å². The highest BCUT2D eigenvalue weighted by atomic mass is 32.1. The molecule has 1 aliphatic carbocycles. The Hall–Kier alpha value is -0.980. The van der Waals surface area contributed by atoms with Crippen LogP contribution in [0.15, 0.2) is 0 Å². The summed E-state index contributed by atoms with van der Waals surface area (Å²) in [5.41, 5.74) is 1.33. The summed E-state index contributed by atoms with van der Waals surface area (Å²) in [6, 6.07) is 0. The predicted octanol–water partition coefficient (Wildman–Crippen LogP) is 1.31. The van der Waals surface area contributed by atoms with Gasteiger partial charge < -0.3 is 15.4 Å². The van der Waals surface area contributed by atoms with Crippen molar-refractivity contribution in [1.82, 2.24) is 15.6 Å². The summed E-state index contributed by atoms with van der Waals surface area (Å²) < 4.78 is 4.91. The van der Waals surface area contributed by atoms with E-state index in [-0.39, 0.29) is 5.91 Å². The first-order valence-electron chi connectivity index (χ1n) is 7.73. The molecule has 0 saturated heterocycles. The normalized spacial score (nSPS) is 14.0. The van der Waals surface area contributed by atoms with E-state index < -0.39 is 0 Å². The molecule has 0 unspecified atom stereocenters. The molecule has 5 nitrogen and oxygen atoms in total. The van der Waals surface area contributed by atoms with E-state index in [1.54, 1.807) is 7.11 Å². The second kappa shape index (κ2) is 9.12. The van der Waals surface area contributed by atoms with Gasteiger partial charge in [-0.1, -0.05) is 0 Å². The minimum absolute atomic E-state index is 0.0459. The predicted molar refractivity (Wildman–Crippen MR) is 84.8 cm³/mol. The molecule has 0 atom stereocenters. The van der Waals surface area contributed by atoms with Gasteiger partial charge in [0.1, 0.15) is 0 Å². The molecule has 0 fully saturated rings. The maximum atomic E-state index is 11.5. The molecule has 1 aliphatic rings. The number of nitrogens with zero attached hydrogens (tertiary/aromatic N) is 1. The van der Waals surface area contributed by atoms with Crippen LogP contribution < -0.4 is 10.6 Å². The lowest BCUT2D eigenvalue weighted by Gasteiger charge is -2.06. The molecule has 0 radical (unpaired) electrons. The second-order valence-electron chi connectivity index (χ2n) is 5.31. The minimum Gasteiger partial charge on any atom is -0.383 e. The molecule has 0 bridgehead atoms. The van der Waals surface area contributed by atoms with Crippen molar-refractivity contribution in [2.24, 2.45) is 0 Å². The number of ether oxygens (including phenoxy) is 1. The van der Waals surface area contributed by atoms with Crippen LogP contribution in [0.5, 0.6) is 0 Å². The first-order valence-corrected chi connectivity index (χ1v) is 8.55. The van der Waals surface area contributed by atoms with Crippen molar-refractivity contribution in [3.8, 4) is 0 Å². The lowest BCUT2D eigenvalue weighted by molar-refractivity contribution is -0.120. The fourth-order valence-corrected chi connectivity index (χ4v) is 3.62. The number of rotatable bonds is 9. The highest BCUT2D eigenvalue weighted by molar-refractivity contribution is 7.11. The molecular formula is C15H25N3O2S. The van der Waals surface area contributed by atoms with E-state index >= 15 is 0 Å². The van der Waals surface area contributed by atoms with Crippen molar-refractivity contribution in [1.29, 1.82) is 0 Å². The fourth-order valence-electron chi connectivity index (χ4n) is 2.42. The lowest BCUT2D eigenvalue weighted by Crippen LogP contribution is -2.35. The summed E-state index contributed by atoms with van der Waals surface area (Å²) in [7, 11) is 1.65. The summed E-state index contributed by atoms with van der Waals surface area (Å²) in [5.74, 6) is 0.0459. The number of fused-ring (bicyclic) bond motifs is 1. The van der Waals surface area contributed by atoms with E-state index in [2.05, 4.69) is 10.6 Å². The van der Waals surface area contributed by atoms with Gasteiger partial charge >= 0.3 is 0 Å². The van der Waals surface area contributed by atoms with Crippen molar-refractivity contribution in [2.45, 2.75) is 38.5 Å². The van der Waals surface area contributed by atoms with Gasteiger partial charge in [-0.05, 0) is 32.1 Å². The van der Waals surface area contributed by atoms with E-state index in [1.807, 2.05) is 11.3 Å². The molecular weight excluding hydrogens is 286 g/mol. The zero-order chi connectivity index (χ0) is 14.9. The molecule has 0 aliphatic heterocycles. The molecule has 1 aromatic heterocycles. The Balaban J connectivity index is 1.57. The Labute approximate surface area is 130 Å². The number of aryl methyl sites for hydroxylation is 3. The number of hydrogen-bond donors (Lipinski definition) is 2. The number of methoxy groups -OCH3 is 1. The molecule has 0 spiro atoms. The number of nitrogens with one attached hydrogen (secondary N) is 2. The topological polar surface area (TPSA) is 63.2 Å². The van der Waals surface area contributed by atoms with Gasteiger partial charge in [0.15, 0.2) is 0 Å². The van der Waals surface area contributed by atoms with Crippen LogP contribution in [0.1, 0.15) is 34.8 Å². The first kappa shape index (κ1) is 16.4. The quantitative estimate of drug-likeness (QED) is 0.675. The number of thiazole rings is 1. The fraction of sp³-hybridized carbons (Fsp3) is 0.733. The number of carbonyl (C=O) groups excluding carboxylic acids is 1. The summed E-state index contributed by atoms with van der Waals surface area (Å²) in [4.78, 5) is 17.8. The van der Waals surface area contributed by atoms with Gasteiger partial charge in [-0.2, -0.15) is 0 Å². The zero-order valence-corrected chi connectivity index (χ0v) is 13.6. The van der Waals surface area contributed by atoms with Crippen molar-refractivity contribution >= 4 is 17.2 Å². The molecule has 2 rings (SSSR count). The van der Waals surface area contributed by atoms with Crippen LogP contribution >= 0.6 is 11.3 Å². The van der Waals surface area contributed by atoms with Crippen molar-refractivity contribution in [3.05, 3.63) is 15.6 Å². The Bertz CT molecular complexity index is 425. The zero-order valence-electron chi connectivity index (χ0n) is 12.7. The maximum absolute atomic E-state index is 11.5. The third-order valence-electron chi connectivity index (χ3n) is 3.55. The Kier molecular flexibility index (Phi) is 7.12. The van der Waals surface area contributed by atoms with Gasteiger partial charge in [0, 0.05) is 31.5 Å². The van der Waals surface area contributed by atoms with Crippen LogP contribution in [0, 0.1) is 0 Å². The molecule has 2 N–H and O–H groups in total. The van der Waals surface area contributed by atoms with Gasteiger partial charge in [-0.3, -0.25) is 4.79 Å². The van der Waals surface area contributed by atoms with Gasteiger partial charge in [-0.25, -0.2) is 4.98 Å². The molecule has 118 valence electrons. The van der Waals surface area contributed by atoms with Gasteiger partial charge in [0.05, 0.1) is 23.9 Å². The van der Waals surface area contributed by atoms with Crippen LogP contribution in [0.2, 0.25) is 0 Å². The molecule has 1 amide bonds. The SMILES string of the molecule is COCCNCC(=O)NCCCc1nc2c(s1)CCCC2. The average molecular weight is 311 g/mol. The van der Waals surface area contributed by atoms with Crippen LogP contribution in [0.3, 0.4) is 0 Å². The highest BCUT2D eigenvalue weighted by Gasteiger charge is 2.14. The summed E-state index contributed by atoms with van der Waals surface area (Å²) >= 11 is 1.86. The largest absolute Gasteiger partial charge is 0.383 e. The number of hydrogen-bond acceptors (Lipinski definition) is 5. The Morgan fingerprint density at radius 2 is 2.19 bits per heavy atom. The van der Waals surface area contributed by atoms with E-state index in [9.17, 15) is 4.79 Å². The molecule has 0 aromatic carbocycles. The second-order valence-corrected chi connectivity index (χ2v) is 6.48. The van der Waals surface area contributed by atoms with Gasteiger partial charge in [-0.15, -0.1) is 11.3 Å². The molecule has 1 heterocycles. The number of aromatic nitrogens is 1. The van der Waals surface area contributed by atoms with Gasteiger partial charge in [0.25, 0.3) is 0 Å². The summed E-state index contributed by atoms with van der Waals surface area (Å²) in [5, 5.41) is 7.19. The molecule has 0 saturated carbocycles. The van der Waals surface area contributed by atoms with Crippen LogP contribution in [-0.4, -0.2) is 44.2 Å². The Morgan fingerprint density at radius 1 is 1.33 bits per heavy atom. The monoisotopic (exact) mass is 311 g/mol. The number of carbonyl (C=O) groups is 1. The van der Waals surface area contributed by atoms with E-state index in [1.165, 1.54) is 34.8 Å². The summed E-state index contributed by atoms with van der Waals surface area (Å²) in [6.07, 6.45) is 6.86. The lowest BCUT2D eigenvalue weighted by atomic mass is 10.0. The molecule has 21 heavy (non-hydrogen) atoms. The van der Waals surface area contributed by atoms with Crippen molar-refractivity contribution < 1.29 is 9.53 Å². The smallest absolute Gasteiger partial charge is 0.233 e. The number of amides is 1. The van der Waals surface area contributed by atoms with Crippen molar-refractivity contribution in [3.63, 3.8) is 0 Å². The van der Waals surface area contributed by atoms with Crippen LogP contribution in [-0.2, 0) is 28.8 Å². The van der Waals surface area contributed by atoms with E-state index in [4.69, 9.17) is 9.72 Å². The minimum atomic E-state index is 0.0459. The van der Waals surface area contributed by atoms with E-state index in [0.717, 1.165) is 25.8 Å². The Morgan fingerprint density at radius 3 is 3.00 bits per heavy atom. The third-order valence-corrected chi connectivity index (χ3v) is 4.77. The van der Waals surface area contributed by atoms with Gasteiger partial charge in [0.2, 0.25) is 5.91 Å². The maximum Gasteiger partial charge on any atom is 0.233 e. The standard InChI is InChI=1S/C15H25N3O2S/c1-20-10-9-16-11-14(19)17-8-4-7-15-18-12-5-2-3-6-13(12)21-15/h16H,2-11H2,1H3,(H,17,19). The highest BCUT2D eigenvalue weighted by Crippen LogP contribution is 2.27. The molecule has 6 heteroatoms. The van der Waals surface area contributed by atoms with Crippen LogP contribution in [0.4, 0.5) is 0 Å². The summed E-state index contributed by atoms with van der Waals surface area (Å²) in [6.45, 7) is 2.40. The third kappa shape index (κ3) is 5.73. The van der Waals surface area contributed by atoms with Crippen LogP contribution in [0.25, 0.3) is 0 Å². The first-order chi connectivity index (χ1) is 10.3. The van der Waals surface area contributed by atoms with Crippen molar-refractivity contribution in [2.75, 3.05) is 33.4 Å². The molecule has 1 aromatic rings. The average Bonchev–Trinajstić information content (AvgIpc) is 2.91.